The van der Waals surface area contributed by atoms with E-state index in [1.807, 2.05) is 6.92 Å². The number of nitrogens with two attached hydrogens (primary N) is 1. The Labute approximate surface area is 65.9 Å². The molecule has 0 bridgehead atoms. The van der Waals surface area contributed by atoms with Gasteiger partial charge in [-0.2, -0.15) is 0 Å². The molecule has 0 atom stereocenters. The minimum absolute atomic E-state index is 0.00315. The molecule has 0 aliphatic rings. The zero-order valence-electron chi connectivity index (χ0n) is 6.62. The van der Waals surface area contributed by atoms with Crippen LogP contribution in [0.4, 0.5) is 0 Å². The summed E-state index contributed by atoms with van der Waals surface area (Å²) in [7, 11) is 0. The smallest absolute Gasteiger partial charge is 0.188 e. The van der Waals surface area contributed by atoms with E-state index in [0.717, 1.165) is 6.42 Å². The number of rotatable bonds is 4. The van der Waals surface area contributed by atoms with Gasteiger partial charge in [0.15, 0.2) is 12.2 Å². The Balaban J connectivity index is 3.79. The van der Waals surface area contributed by atoms with Gasteiger partial charge in [-0.1, -0.05) is 6.92 Å². The van der Waals surface area contributed by atoms with Crippen molar-refractivity contribution >= 4 is 5.96 Å². The molecule has 0 aromatic rings. The third kappa shape index (κ3) is 4.58. The fourth-order valence-electron chi connectivity index (χ4n) is 0.777. The first kappa shape index (κ1) is 10.2. The summed E-state index contributed by atoms with van der Waals surface area (Å²) in [6.07, 6.45) is -0.600. The predicted octanol–water partition coefficient (Wildman–Crippen LogP) is -1.10. The lowest BCUT2D eigenvalue weighted by molar-refractivity contribution is -0.0514. The Kier molecular flexibility index (Phi) is 4.56. The third-order valence-corrected chi connectivity index (χ3v) is 1.22. The molecule has 0 fully saturated rings. The summed E-state index contributed by atoms with van der Waals surface area (Å²) in [5.41, 5.74) is 5.16. The van der Waals surface area contributed by atoms with E-state index in [-0.39, 0.29) is 12.5 Å². The second-order valence-corrected chi connectivity index (χ2v) is 2.31. The number of aliphatic hydroxyl groups excluding tert-OH is 1. The second kappa shape index (κ2) is 4.92. The number of guanidine groups is 1. The van der Waals surface area contributed by atoms with Gasteiger partial charge in [0.05, 0.1) is 6.54 Å². The van der Waals surface area contributed by atoms with E-state index < -0.39 is 6.29 Å². The first-order valence-electron chi connectivity index (χ1n) is 3.53. The van der Waals surface area contributed by atoms with Crippen LogP contribution in [0.3, 0.4) is 0 Å². The van der Waals surface area contributed by atoms with E-state index in [1.54, 1.807) is 0 Å². The van der Waals surface area contributed by atoms with Crippen LogP contribution in [0, 0.1) is 5.41 Å². The maximum atomic E-state index is 8.56. The molecule has 0 aromatic heterocycles. The Hall–Kier alpha value is -0.810. The van der Waals surface area contributed by atoms with Crippen LogP contribution < -0.4 is 5.73 Å². The van der Waals surface area contributed by atoms with Crippen LogP contribution in [-0.2, 0) is 0 Å². The highest BCUT2D eigenvalue weighted by Crippen LogP contribution is 1.91. The van der Waals surface area contributed by atoms with E-state index in [2.05, 4.69) is 0 Å². The molecule has 0 radical (unpaired) electrons. The number of hydrogen-bond donors (Lipinski definition) is 4. The monoisotopic (exact) mass is 161 g/mol. The number of nitrogens with one attached hydrogen (secondary N) is 1. The van der Waals surface area contributed by atoms with Gasteiger partial charge in [-0.05, 0) is 6.42 Å². The average molecular weight is 161 g/mol. The molecule has 0 unspecified atom stereocenters. The molecule has 0 saturated heterocycles. The maximum absolute atomic E-state index is 8.56. The van der Waals surface area contributed by atoms with Crippen molar-refractivity contribution in [3.8, 4) is 0 Å². The highest BCUT2D eigenvalue weighted by atomic mass is 16.5. The molecule has 5 heteroatoms. The van der Waals surface area contributed by atoms with Gasteiger partial charge in [0.1, 0.15) is 0 Å². The maximum Gasteiger partial charge on any atom is 0.188 e. The molecule has 0 aromatic carbocycles. The summed E-state index contributed by atoms with van der Waals surface area (Å²) in [6, 6.07) is 0. The Bertz CT molecular complexity index is 127. The van der Waals surface area contributed by atoms with Crippen LogP contribution in [0.15, 0.2) is 0 Å². The molecular formula is C6H15N3O2. The zero-order chi connectivity index (χ0) is 8.85. The molecule has 5 nitrogen and oxygen atoms in total. The minimum atomic E-state index is -1.43. The largest absolute Gasteiger partial charge is 0.370 e. The minimum Gasteiger partial charge on any atom is -0.370 e. The van der Waals surface area contributed by atoms with Crippen LogP contribution in [0.5, 0.6) is 0 Å². The molecule has 0 aliphatic heterocycles. The first-order valence-corrected chi connectivity index (χ1v) is 3.53. The highest BCUT2D eigenvalue weighted by Gasteiger charge is 2.08. The van der Waals surface area contributed by atoms with Gasteiger partial charge >= 0.3 is 0 Å². The fourth-order valence-corrected chi connectivity index (χ4v) is 0.777. The first-order chi connectivity index (χ1) is 5.07. The van der Waals surface area contributed by atoms with Crippen LogP contribution in [0.2, 0.25) is 0 Å². The quantitative estimate of drug-likeness (QED) is 0.239. The average Bonchev–Trinajstić information content (AvgIpc) is 1.86. The zero-order valence-corrected chi connectivity index (χ0v) is 6.62. The van der Waals surface area contributed by atoms with E-state index in [1.165, 1.54) is 4.90 Å². The van der Waals surface area contributed by atoms with Crippen LogP contribution in [-0.4, -0.2) is 40.5 Å². The van der Waals surface area contributed by atoms with Gasteiger partial charge in [0, 0.05) is 6.54 Å². The van der Waals surface area contributed by atoms with Crippen molar-refractivity contribution in [2.24, 2.45) is 5.73 Å². The van der Waals surface area contributed by atoms with Crippen molar-refractivity contribution in [3.63, 3.8) is 0 Å². The van der Waals surface area contributed by atoms with Crippen molar-refractivity contribution < 1.29 is 10.2 Å². The Morgan fingerprint density at radius 3 is 2.45 bits per heavy atom. The van der Waals surface area contributed by atoms with Gasteiger partial charge in [0.25, 0.3) is 0 Å². The summed E-state index contributed by atoms with van der Waals surface area (Å²) >= 11 is 0. The molecule has 66 valence electrons. The molecule has 5 N–H and O–H groups in total. The van der Waals surface area contributed by atoms with Crippen molar-refractivity contribution in [1.29, 1.82) is 5.41 Å². The van der Waals surface area contributed by atoms with Gasteiger partial charge < -0.3 is 20.8 Å². The lowest BCUT2D eigenvalue weighted by Gasteiger charge is -2.22. The highest BCUT2D eigenvalue weighted by molar-refractivity contribution is 5.74. The van der Waals surface area contributed by atoms with E-state index in [0.29, 0.717) is 6.54 Å². The normalized spacial score (nSPS) is 10.2. The molecule has 0 spiro atoms. The van der Waals surface area contributed by atoms with Crippen LogP contribution >= 0.6 is 0 Å². The molecule has 0 heterocycles. The lowest BCUT2D eigenvalue weighted by Crippen LogP contribution is -2.41. The predicted molar refractivity (Wildman–Crippen MR) is 42.0 cm³/mol. The van der Waals surface area contributed by atoms with E-state index in [4.69, 9.17) is 21.4 Å². The van der Waals surface area contributed by atoms with Gasteiger partial charge in [0.2, 0.25) is 0 Å². The van der Waals surface area contributed by atoms with Gasteiger partial charge in [-0.25, -0.2) is 0 Å². The standard InChI is InChI=1S/C6H15N3O2/c1-2-3-9(6(7)8)4-5(10)11/h5,10-11H,2-4H2,1H3,(H3,7,8). The number of nitrogens with zero attached hydrogens (tertiary/aromatic N) is 1. The summed E-state index contributed by atoms with van der Waals surface area (Å²) < 4.78 is 0. The summed E-state index contributed by atoms with van der Waals surface area (Å²) in [6.45, 7) is 2.51. The van der Waals surface area contributed by atoms with Crippen LogP contribution in [0.1, 0.15) is 13.3 Å². The van der Waals surface area contributed by atoms with Crippen molar-refractivity contribution in [2.75, 3.05) is 13.1 Å². The topological polar surface area (TPSA) is 93.6 Å². The number of hydrogen-bond acceptors (Lipinski definition) is 3. The van der Waals surface area contributed by atoms with E-state index in [9.17, 15) is 0 Å². The molecule has 0 aliphatic carbocycles. The molecular weight excluding hydrogens is 146 g/mol. The summed E-state index contributed by atoms with van der Waals surface area (Å²) in [5, 5.41) is 24.1. The second-order valence-electron chi connectivity index (χ2n) is 2.31. The van der Waals surface area contributed by atoms with Crippen molar-refractivity contribution in [1.82, 2.24) is 4.90 Å². The molecule has 11 heavy (non-hydrogen) atoms. The SMILES string of the molecule is CCCN(CC(O)O)C(=N)N. The Morgan fingerprint density at radius 2 is 2.18 bits per heavy atom. The van der Waals surface area contributed by atoms with Crippen molar-refractivity contribution in [2.45, 2.75) is 19.6 Å². The van der Waals surface area contributed by atoms with Crippen molar-refractivity contribution in [3.05, 3.63) is 0 Å². The molecule has 0 amide bonds. The molecule has 0 saturated carbocycles. The summed E-state index contributed by atoms with van der Waals surface area (Å²) in [5.74, 6) is -0.125. The van der Waals surface area contributed by atoms with Crippen LogP contribution in [0.25, 0.3) is 0 Å². The number of aliphatic hydroxyl groups is 2. The lowest BCUT2D eigenvalue weighted by atomic mass is 10.4. The Morgan fingerprint density at radius 1 is 1.64 bits per heavy atom. The van der Waals surface area contributed by atoms with E-state index >= 15 is 0 Å². The fraction of sp³-hybridized carbons (Fsp3) is 0.833. The third-order valence-electron chi connectivity index (χ3n) is 1.22. The summed E-state index contributed by atoms with van der Waals surface area (Å²) in [4.78, 5) is 1.41. The van der Waals surface area contributed by atoms with Gasteiger partial charge in [-0.3, -0.25) is 5.41 Å². The molecule has 0 rings (SSSR count). The van der Waals surface area contributed by atoms with Gasteiger partial charge in [-0.15, -0.1) is 0 Å².